The van der Waals surface area contributed by atoms with Gasteiger partial charge >= 0.3 is 0 Å². The van der Waals surface area contributed by atoms with Crippen LogP contribution in [0.3, 0.4) is 0 Å². The fourth-order valence-electron chi connectivity index (χ4n) is 2.20. The molecule has 1 amide bonds. The molecular formula is C18H12Cl3N3O2S. The Labute approximate surface area is 174 Å². The average molecular weight is 441 g/mol. The Morgan fingerprint density at radius 1 is 1.04 bits per heavy atom. The van der Waals surface area contributed by atoms with Crippen molar-refractivity contribution in [2.75, 3.05) is 11.1 Å². The first-order valence-electron chi connectivity index (χ1n) is 7.66. The van der Waals surface area contributed by atoms with E-state index in [0.717, 1.165) is 17.3 Å². The van der Waals surface area contributed by atoms with E-state index in [4.69, 9.17) is 34.8 Å². The van der Waals surface area contributed by atoms with E-state index < -0.39 is 0 Å². The van der Waals surface area contributed by atoms with Crippen LogP contribution in [-0.4, -0.2) is 21.6 Å². The lowest BCUT2D eigenvalue weighted by Gasteiger charge is -2.09. The lowest BCUT2D eigenvalue weighted by molar-refractivity contribution is -0.113. The van der Waals surface area contributed by atoms with Crippen molar-refractivity contribution >= 4 is 58.2 Å². The molecule has 27 heavy (non-hydrogen) atoms. The minimum Gasteiger partial charge on any atom is -0.324 e. The number of thioether (sulfide) groups is 1. The molecule has 1 heterocycles. The summed E-state index contributed by atoms with van der Waals surface area (Å²) in [6.45, 7) is 0. The summed E-state index contributed by atoms with van der Waals surface area (Å²) >= 11 is 19.0. The maximum atomic E-state index is 12.2. The van der Waals surface area contributed by atoms with E-state index in [1.165, 1.54) is 18.2 Å². The number of hydrogen-bond acceptors (Lipinski definition) is 4. The van der Waals surface area contributed by atoms with Crippen LogP contribution in [-0.2, 0) is 4.79 Å². The third kappa shape index (κ3) is 5.26. The highest BCUT2D eigenvalue weighted by atomic mass is 35.5. The van der Waals surface area contributed by atoms with Gasteiger partial charge in [0.15, 0.2) is 5.16 Å². The van der Waals surface area contributed by atoms with Gasteiger partial charge in [0.05, 0.1) is 32.2 Å². The van der Waals surface area contributed by atoms with E-state index in [1.807, 2.05) is 30.3 Å². The minimum absolute atomic E-state index is 0.0256. The molecule has 0 aliphatic carbocycles. The minimum atomic E-state index is -0.326. The van der Waals surface area contributed by atoms with Crippen molar-refractivity contribution < 1.29 is 4.79 Å². The van der Waals surface area contributed by atoms with Gasteiger partial charge in [0, 0.05) is 11.6 Å². The predicted octanol–water partition coefficient (Wildman–Crippen LogP) is 5.13. The molecular weight excluding hydrogens is 429 g/mol. The first-order valence-corrected chi connectivity index (χ1v) is 9.78. The lowest BCUT2D eigenvalue weighted by Crippen LogP contribution is -2.15. The van der Waals surface area contributed by atoms with Gasteiger partial charge < -0.3 is 10.3 Å². The molecule has 1 aromatic heterocycles. The van der Waals surface area contributed by atoms with E-state index in [0.29, 0.717) is 21.6 Å². The second kappa shape index (κ2) is 8.80. The van der Waals surface area contributed by atoms with Crippen molar-refractivity contribution in [3.8, 4) is 11.3 Å². The van der Waals surface area contributed by atoms with Gasteiger partial charge in [-0.2, -0.15) is 0 Å². The van der Waals surface area contributed by atoms with E-state index >= 15 is 0 Å². The summed E-state index contributed by atoms with van der Waals surface area (Å²) < 4.78 is 0. The number of amides is 1. The fourth-order valence-corrected chi connectivity index (χ4v) is 3.47. The number of carbonyl (C=O) groups excluding carboxylic acids is 1. The Morgan fingerprint density at radius 3 is 2.48 bits per heavy atom. The van der Waals surface area contributed by atoms with Gasteiger partial charge in [-0.3, -0.25) is 9.59 Å². The van der Waals surface area contributed by atoms with Crippen LogP contribution in [0.2, 0.25) is 15.1 Å². The quantitative estimate of drug-likeness (QED) is 0.328. The van der Waals surface area contributed by atoms with Gasteiger partial charge in [-0.1, -0.05) is 76.9 Å². The molecule has 0 fully saturated rings. The van der Waals surface area contributed by atoms with E-state index in [-0.39, 0.29) is 27.3 Å². The molecule has 2 aromatic carbocycles. The summed E-state index contributed by atoms with van der Waals surface area (Å²) in [5, 5.41) is 3.86. The number of H-pyrrole nitrogens is 1. The fraction of sp³-hybridized carbons (Fsp3) is 0.0556. The van der Waals surface area contributed by atoms with Crippen LogP contribution < -0.4 is 10.9 Å². The number of halogens is 3. The number of hydrogen-bond donors (Lipinski definition) is 2. The van der Waals surface area contributed by atoms with Gasteiger partial charge in [-0.05, 0) is 12.1 Å². The molecule has 0 unspecified atom stereocenters. The molecule has 138 valence electrons. The normalized spacial score (nSPS) is 10.6. The maximum Gasteiger partial charge on any atom is 0.252 e. The molecule has 0 radical (unpaired) electrons. The molecule has 0 saturated carbocycles. The third-order valence-corrected chi connectivity index (χ3v) is 5.32. The molecule has 2 N–H and O–H groups in total. The predicted molar refractivity (Wildman–Crippen MR) is 111 cm³/mol. The molecule has 5 nitrogen and oxygen atoms in total. The Hall–Kier alpha value is -1.99. The highest BCUT2D eigenvalue weighted by Crippen LogP contribution is 2.32. The number of carbonyl (C=O) groups is 1. The molecule has 3 rings (SSSR count). The number of nitrogens with zero attached hydrogens (tertiary/aromatic N) is 1. The molecule has 3 aromatic rings. The highest BCUT2D eigenvalue weighted by molar-refractivity contribution is 7.99. The zero-order chi connectivity index (χ0) is 19.4. The van der Waals surface area contributed by atoms with Gasteiger partial charge in [0.2, 0.25) is 5.91 Å². The Kier molecular flexibility index (Phi) is 6.44. The van der Waals surface area contributed by atoms with Crippen LogP contribution in [0, 0.1) is 0 Å². The summed E-state index contributed by atoms with van der Waals surface area (Å²) in [6, 6.07) is 13.7. The van der Waals surface area contributed by atoms with Crippen molar-refractivity contribution in [3.63, 3.8) is 0 Å². The Balaban J connectivity index is 1.70. The van der Waals surface area contributed by atoms with Gasteiger partial charge in [0.1, 0.15) is 0 Å². The molecule has 0 spiro atoms. The standard InChI is InChI=1S/C18H12Cl3N3O2S/c19-11-6-13(21)15(7-12(11)20)22-17(26)9-27-18-23-14(8-16(25)24-18)10-4-2-1-3-5-10/h1-8H,9H2,(H,22,26)(H,23,24,25). The third-order valence-electron chi connectivity index (χ3n) is 3.41. The SMILES string of the molecule is O=C(CSc1nc(-c2ccccc2)cc(=O)[nH]1)Nc1cc(Cl)c(Cl)cc1Cl. The maximum absolute atomic E-state index is 12.2. The first kappa shape index (κ1) is 19.8. The molecule has 0 bridgehead atoms. The van der Waals surface area contributed by atoms with E-state index in [9.17, 15) is 9.59 Å². The Morgan fingerprint density at radius 2 is 1.74 bits per heavy atom. The summed E-state index contributed by atoms with van der Waals surface area (Å²) in [5.74, 6) is -0.300. The summed E-state index contributed by atoms with van der Waals surface area (Å²) in [7, 11) is 0. The van der Waals surface area contributed by atoms with E-state index in [1.54, 1.807) is 0 Å². The molecule has 0 atom stereocenters. The van der Waals surface area contributed by atoms with E-state index in [2.05, 4.69) is 15.3 Å². The number of aromatic nitrogens is 2. The lowest BCUT2D eigenvalue weighted by atomic mass is 10.1. The zero-order valence-corrected chi connectivity index (χ0v) is 16.7. The highest BCUT2D eigenvalue weighted by Gasteiger charge is 2.11. The monoisotopic (exact) mass is 439 g/mol. The average Bonchev–Trinajstić information content (AvgIpc) is 2.65. The largest absolute Gasteiger partial charge is 0.324 e. The second-order valence-electron chi connectivity index (χ2n) is 5.38. The van der Waals surface area contributed by atoms with Crippen molar-refractivity contribution in [1.29, 1.82) is 0 Å². The Bertz CT molecular complexity index is 1040. The van der Waals surface area contributed by atoms with Crippen LogP contribution in [0.5, 0.6) is 0 Å². The van der Waals surface area contributed by atoms with Crippen molar-refractivity contribution in [2.45, 2.75) is 5.16 Å². The second-order valence-corrected chi connectivity index (χ2v) is 7.57. The molecule has 0 saturated heterocycles. The van der Waals surface area contributed by atoms with Crippen molar-refractivity contribution in [1.82, 2.24) is 9.97 Å². The molecule has 0 aliphatic rings. The number of aromatic amines is 1. The summed E-state index contributed by atoms with van der Waals surface area (Å²) in [5.41, 5.74) is 1.42. The number of benzene rings is 2. The molecule has 0 aliphatic heterocycles. The number of anilines is 1. The topological polar surface area (TPSA) is 74.8 Å². The van der Waals surface area contributed by atoms with Gasteiger partial charge in [-0.15, -0.1) is 0 Å². The number of nitrogens with one attached hydrogen (secondary N) is 2. The van der Waals surface area contributed by atoms with Crippen LogP contribution in [0.1, 0.15) is 0 Å². The van der Waals surface area contributed by atoms with Crippen LogP contribution >= 0.6 is 46.6 Å². The van der Waals surface area contributed by atoms with Crippen molar-refractivity contribution in [2.24, 2.45) is 0 Å². The zero-order valence-electron chi connectivity index (χ0n) is 13.6. The summed E-state index contributed by atoms with van der Waals surface area (Å²) in [4.78, 5) is 31.1. The van der Waals surface area contributed by atoms with Gasteiger partial charge in [0.25, 0.3) is 5.56 Å². The first-order chi connectivity index (χ1) is 12.9. The smallest absolute Gasteiger partial charge is 0.252 e. The van der Waals surface area contributed by atoms with Crippen LogP contribution in [0.15, 0.2) is 58.5 Å². The summed E-state index contributed by atoms with van der Waals surface area (Å²) in [6.07, 6.45) is 0. The van der Waals surface area contributed by atoms with Crippen LogP contribution in [0.25, 0.3) is 11.3 Å². The van der Waals surface area contributed by atoms with Crippen molar-refractivity contribution in [3.05, 3.63) is 74.0 Å². The number of rotatable bonds is 5. The van der Waals surface area contributed by atoms with Gasteiger partial charge in [-0.25, -0.2) is 4.98 Å². The van der Waals surface area contributed by atoms with Crippen LogP contribution in [0.4, 0.5) is 5.69 Å². The molecule has 9 heteroatoms.